The average molecular weight is 338 g/mol. The van der Waals surface area contributed by atoms with Crippen molar-refractivity contribution in [1.82, 2.24) is 19.6 Å². The number of hydrogen-bond acceptors (Lipinski definition) is 5. The summed E-state index contributed by atoms with van der Waals surface area (Å²) in [6.07, 6.45) is 1.98. The lowest BCUT2D eigenvalue weighted by molar-refractivity contribution is 0.920. The van der Waals surface area contributed by atoms with Crippen molar-refractivity contribution in [2.24, 2.45) is 0 Å². The third kappa shape index (κ3) is 3.00. The van der Waals surface area contributed by atoms with Crippen molar-refractivity contribution in [2.45, 2.75) is 17.8 Å². The Morgan fingerprint density at radius 1 is 1.09 bits per heavy atom. The molecule has 4 aromatic rings. The van der Waals surface area contributed by atoms with Gasteiger partial charge in [0.05, 0.1) is 5.69 Å². The van der Waals surface area contributed by atoms with Crippen LogP contribution in [0.5, 0.6) is 0 Å². The van der Waals surface area contributed by atoms with Gasteiger partial charge in [-0.05, 0) is 19.1 Å². The van der Waals surface area contributed by atoms with Crippen LogP contribution in [0.1, 0.15) is 11.3 Å². The maximum atomic E-state index is 4.73. The molecule has 6 heteroatoms. The number of fused-ring (bicyclic) bond motifs is 1. The molecule has 0 radical (unpaired) electrons. The summed E-state index contributed by atoms with van der Waals surface area (Å²) in [7, 11) is 0. The summed E-state index contributed by atoms with van der Waals surface area (Å²) < 4.78 is 2.00. The number of hydrogen-bond donors (Lipinski definition) is 0. The molecule has 0 spiro atoms. The molecule has 0 atom stereocenters. The molecule has 0 unspecified atom stereocenters. The van der Waals surface area contributed by atoms with Crippen molar-refractivity contribution in [2.75, 3.05) is 0 Å². The second-order valence-electron chi connectivity index (χ2n) is 5.21. The van der Waals surface area contributed by atoms with Crippen molar-refractivity contribution in [3.63, 3.8) is 0 Å². The van der Waals surface area contributed by atoms with Gasteiger partial charge in [-0.25, -0.2) is 4.98 Å². The molecule has 114 valence electrons. The van der Waals surface area contributed by atoms with E-state index < -0.39 is 0 Å². The van der Waals surface area contributed by atoms with Crippen LogP contribution in [-0.4, -0.2) is 19.6 Å². The monoisotopic (exact) mass is 338 g/mol. The van der Waals surface area contributed by atoms with Crippen molar-refractivity contribution in [3.8, 4) is 10.6 Å². The normalized spacial score (nSPS) is 11.2. The minimum atomic E-state index is 0.790. The van der Waals surface area contributed by atoms with Crippen molar-refractivity contribution in [1.29, 1.82) is 0 Å². The van der Waals surface area contributed by atoms with E-state index in [9.17, 15) is 0 Å². The van der Waals surface area contributed by atoms with E-state index in [4.69, 9.17) is 4.98 Å². The molecule has 4 rings (SSSR count). The molecule has 3 aromatic heterocycles. The van der Waals surface area contributed by atoms with E-state index in [1.54, 1.807) is 23.1 Å². The summed E-state index contributed by atoms with van der Waals surface area (Å²) in [5.74, 6) is 0.790. The predicted octanol–water partition coefficient (Wildman–Crippen LogP) is 4.45. The third-order valence-corrected chi connectivity index (χ3v) is 5.40. The molecule has 0 aliphatic rings. The molecule has 1 aromatic carbocycles. The maximum Gasteiger partial charge on any atom is 0.195 e. The fraction of sp³-hybridized carbons (Fsp3) is 0.118. The summed E-state index contributed by atoms with van der Waals surface area (Å²) in [4.78, 5) is 4.73. The SMILES string of the molecule is Cc1ccc(-c2nc(CSc3nnc4ccccn34)cs2)cc1. The smallest absolute Gasteiger partial charge is 0.195 e. The zero-order valence-electron chi connectivity index (χ0n) is 12.5. The van der Waals surface area contributed by atoms with Crippen LogP contribution in [-0.2, 0) is 5.75 Å². The molecule has 0 N–H and O–H groups in total. The molecule has 0 saturated carbocycles. The lowest BCUT2D eigenvalue weighted by Crippen LogP contribution is -1.88. The Balaban J connectivity index is 1.51. The van der Waals surface area contributed by atoms with Gasteiger partial charge in [0, 0.05) is 22.9 Å². The first-order chi connectivity index (χ1) is 11.3. The van der Waals surface area contributed by atoms with Gasteiger partial charge in [0.25, 0.3) is 0 Å². The van der Waals surface area contributed by atoms with Gasteiger partial charge < -0.3 is 0 Å². The number of thiazole rings is 1. The molecule has 0 fully saturated rings. The Labute approximate surface area is 142 Å². The number of pyridine rings is 1. The summed E-state index contributed by atoms with van der Waals surface area (Å²) in [6.45, 7) is 2.09. The molecule has 23 heavy (non-hydrogen) atoms. The van der Waals surface area contributed by atoms with Gasteiger partial charge in [0.15, 0.2) is 10.8 Å². The zero-order chi connectivity index (χ0) is 15.6. The second-order valence-corrected chi connectivity index (χ2v) is 7.01. The molecule has 3 heterocycles. The highest BCUT2D eigenvalue weighted by Crippen LogP contribution is 2.27. The zero-order valence-corrected chi connectivity index (χ0v) is 14.1. The number of rotatable bonds is 4. The van der Waals surface area contributed by atoms with Crippen LogP contribution in [0.4, 0.5) is 0 Å². The van der Waals surface area contributed by atoms with Crippen LogP contribution in [0.15, 0.2) is 59.2 Å². The van der Waals surface area contributed by atoms with Gasteiger partial charge in [0.1, 0.15) is 5.01 Å². The number of aryl methyl sites for hydroxylation is 1. The van der Waals surface area contributed by atoms with Gasteiger partial charge in [-0.3, -0.25) is 4.40 Å². The molecule has 0 aliphatic heterocycles. The number of thioether (sulfide) groups is 1. The summed E-state index contributed by atoms with van der Waals surface area (Å²) in [5, 5.41) is 12.5. The first-order valence-electron chi connectivity index (χ1n) is 7.23. The summed E-state index contributed by atoms with van der Waals surface area (Å²) in [6, 6.07) is 14.4. The molecular formula is C17H14N4S2. The topological polar surface area (TPSA) is 43.1 Å². The Morgan fingerprint density at radius 3 is 2.83 bits per heavy atom. The van der Waals surface area contributed by atoms with Crippen LogP contribution in [0.2, 0.25) is 0 Å². The van der Waals surface area contributed by atoms with Crippen molar-refractivity contribution < 1.29 is 0 Å². The minimum Gasteiger partial charge on any atom is -0.277 e. The van der Waals surface area contributed by atoms with Crippen LogP contribution < -0.4 is 0 Å². The second kappa shape index (κ2) is 6.14. The first-order valence-corrected chi connectivity index (χ1v) is 9.10. The maximum absolute atomic E-state index is 4.73. The molecular weight excluding hydrogens is 324 g/mol. The van der Waals surface area contributed by atoms with Gasteiger partial charge in [-0.2, -0.15) is 0 Å². The minimum absolute atomic E-state index is 0.790. The van der Waals surface area contributed by atoms with Crippen molar-refractivity contribution >= 4 is 28.7 Å². The lowest BCUT2D eigenvalue weighted by Gasteiger charge is -1.98. The fourth-order valence-corrected chi connectivity index (χ4v) is 4.01. The van der Waals surface area contributed by atoms with E-state index in [1.165, 1.54) is 11.1 Å². The highest BCUT2D eigenvalue weighted by Gasteiger charge is 2.08. The Morgan fingerprint density at radius 2 is 1.96 bits per heavy atom. The average Bonchev–Trinajstić information content (AvgIpc) is 3.20. The number of benzene rings is 1. The van der Waals surface area contributed by atoms with Crippen LogP contribution in [0, 0.1) is 6.92 Å². The molecule has 0 bridgehead atoms. The van der Waals surface area contributed by atoms with Gasteiger partial charge in [-0.15, -0.1) is 21.5 Å². The lowest BCUT2D eigenvalue weighted by atomic mass is 10.2. The van der Waals surface area contributed by atoms with E-state index in [1.807, 2.05) is 28.8 Å². The van der Waals surface area contributed by atoms with Crippen LogP contribution in [0.25, 0.3) is 16.2 Å². The fourth-order valence-electron chi connectivity index (χ4n) is 2.26. The van der Waals surface area contributed by atoms with E-state index in [-0.39, 0.29) is 0 Å². The summed E-state index contributed by atoms with van der Waals surface area (Å²) >= 11 is 3.34. The van der Waals surface area contributed by atoms with Crippen LogP contribution in [0.3, 0.4) is 0 Å². The number of aromatic nitrogens is 4. The molecule has 0 amide bonds. The standard InChI is InChI=1S/C17H14N4S2/c1-12-5-7-13(8-6-12)16-18-14(10-22-16)11-23-17-20-19-15-4-2-3-9-21(15)17/h2-10H,11H2,1H3. The molecule has 0 saturated heterocycles. The summed E-state index contributed by atoms with van der Waals surface area (Å²) in [5.41, 5.74) is 4.38. The predicted molar refractivity (Wildman–Crippen MR) is 94.8 cm³/mol. The number of nitrogens with zero attached hydrogens (tertiary/aromatic N) is 4. The van der Waals surface area contributed by atoms with Crippen molar-refractivity contribution in [3.05, 3.63) is 65.3 Å². The van der Waals surface area contributed by atoms with E-state index in [2.05, 4.69) is 46.8 Å². The van der Waals surface area contributed by atoms with Gasteiger partial charge in [0.2, 0.25) is 0 Å². The van der Waals surface area contributed by atoms with Crippen LogP contribution >= 0.6 is 23.1 Å². The molecule has 0 aliphatic carbocycles. The Hall–Kier alpha value is -2.18. The van der Waals surface area contributed by atoms with Gasteiger partial charge >= 0.3 is 0 Å². The highest BCUT2D eigenvalue weighted by molar-refractivity contribution is 7.98. The van der Waals surface area contributed by atoms with E-state index in [0.29, 0.717) is 0 Å². The Bertz CT molecular complexity index is 941. The Kier molecular flexibility index (Phi) is 3.85. The molecule has 4 nitrogen and oxygen atoms in total. The largest absolute Gasteiger partial charge is 0.277 e. The van der Waals surface area contributed by atoms with E-state index in [0.717, 1.165) is 27.3 Å². The highest BCUT2D eigenvalue weighted by atomic mass is 32.2. The quantitative estimate of drug-likeness (QED) is 0.516. The van der Waals surface area contributed by atoms with Gasteiger partial charge in [-0.1, -0.05) is 47.7 Å². The van der Waals surface area contributed by atoms with E-state index >= 15 is 0 Å². The first kappa shape index (κ1) is 14.4. The third-order valence-electron chi connectivity index (χ3n) is 3.48.